The summed E-state index contributed by atoms with van der Waals surface area (Å²) in [7, 11) is 1.91. The molecule has 0 atom stereocenters. The molecule has 0 unspecified atom stereocenters. The molecule has 0 saturated heterocycles. The lowest BCUT2D eigenvalue weighted by Crippen LogP contribution is -2.29. The third kappa shape index (κ3) is 4.48. The minimum absolute atomic E-state index is 0.0884. The second-order valence-electron chi connectivity index (χ2n) is 6.91. The van der Waals surface area contributed by atoms with Gasteiger partial charge in [0.25, 0.3) is 0 Å². The molecule has 0 aromatic heterocycles. The summed E-state index contributed by atoms with van der Waals surface area (Å²) in [5, 5.41) is 2.92. The molecule has 2 heterocycles. The second-order valence-corrected chi connectivity index (χ2v) is 6.91. The van der Waals surface area contributed by atoms with E-state index in [2.05, 4.69) is 5.32 Å². The number of fused-ring (bicyclic) bond motifs is 2. The number of carbonyl (C=O) groups excluding carboxylic acids is 1. The van der Waals surface area contributed by atoms with Gasteiger partial charge in [0, 0.05) is 24.7 Å². The fourth-order valence-electron chi connectivity index (χ4n) is 3.24. The van der Waals surface area contributed by atoms with Gasteiger partial charge in [-0.15, -0.1) is 0 Å². The van der Waals surface area contributed by atoms with Crippen molar-refractivity contribution < 1.29 is 23.7 Å². The number of hydrogen-bond donors (Lipinski definition) is 1. The van der Waals surface area contributed by atoms with Crippen LogP contribution in [-0.2, 0) is 11.3 Å². The van der Waals surface area contributed by atoms with Gasteiger partial charge in [-0.2, -0.15) is 0 Å². The maximum Gasteiger partial charge on any atom is 0.238 e. The van der Waals surface area contributed by atoms with Crippen molar-refractivity contribution in [3.8, 4) is 23.0 Å². The minimum Gasteiger partial charge on any atom is -0.490 e. The molecule has 148 valence electrons. The summed E-state index contributed by atoms with van der Waals surface area (Å²) < 4.78 is 22.4. The lowest BCUT2D eigenvalue weighted by Gasteiger charge is -2.21. The van der Waals surface area contributed by atoms with Crippen molar-refractivity contribution in [2.24, 2.45) is 0 Å². The molecule has 0 bridgehead atoms. The Kier molecular flexibility index (Phi) is 5.53. The van der Waals surface area contributed by atoms with E-state index in [0.717, 1.165) is 23.5 Å². The molecule has 4 rings (SSSR count). The Balaban J connectivity index is 1.33. The van der Waals surface area contributed by atoms with E-state index in [0.29, 0.717) is 50.2 Å². The van der Waals surface area contributed by atoms with Crippen molar-refractivity contribution >= 4 is 11.6 Å². The highest BCUT2D eigenvalue weighted by molar-refractivity contribution is 5.92. The van der Waals surface area contributed by atoms with E-state index >= 15 is 0 Å². The van der Waals surface area contributed by atoms with E-state index < -0.39 is 0 Å². The van der Waals surface area contributed by atoms with E-state index in [1.807, 2.05) is 42.3 Å². The van der Waals surface area contributed by atoms with Crippen molar-refractivity contribution in [3.63, 3.8) is 0 Å². The topological polar surface area (TPSA) is 69.3 Å². The van der Waals surface area contributed by atoms with Crippen LogP contribution in [0.2, 0.25) is 0 Å². The standard InChI is InChI=1S/C21H24N2O5/c1-23(13-15-3-5-17-19(11-15)28-10-9-27-17)14-21(24)22-16-4-6-18-20(12-16)26-8-2-7-25-18/h3-6,11-12H,2,7-10,13-14H2,1H3,(H,22,24). The van der Waals surface area contributed by atoms with Gasteiger partial charge in [-0.25, -0.2) is 0 Å². The van der Waals surface area contributed by atoms with E-state index in [9.17, 15) is 4.79 Å². The zero-order valence-electron chi connectivity index (χ0n) is 15.9. The Morgan fingerprint density at radius 3 is 2.36 bits per heavy atom. The Labute approximate surface area is 164 Å². The third-order valence-electron chi connectivity index (χ3n) is 4.50. The number of rotatable bonds is 5. The summed E-state index contributed by atoms with van der Waals surface area (Å²) in [6.07, 6.45) is 0.848. The number of nitrogens with zero attached hydrogens (tertiary/aromatic N) is 1. The summed E-state index contributed by atoms with van der Waals surface area (Å²) in [4.78, 5) is 14.4. The van der Waals surface area contributed by atoms with Crippen molar-refractivity contribution in [1.29, 1.82) is 0 Å². The summed E-state index contributed by atoms with van der Waals surface area (Å²) in [6.45, 7) is 3.29. The molecule has 2 aromatic carbocycles. The molecular weight excluding hydrogens is 360 g/mol. The summed E-state index contributed by atoms with van der Waals surface area (Å²) in [5.74, 6) is 2.82. The van der Waals surface area contributed by atoms with E-state index in [4.69, 9.17) is 18.9 Å². The Morgan fingerprint density at radius 1 is 0.893 bits per heavy atom. The smallest absolute Gasteiger partial charge is 0.238 e. The quantitative estimate of drug-likeness (QED) is 0.855. The molecule has 1 amide bonds. The van der Waals surface area contributed by atoms with Crippen molar-refractivity contribution in [2.75, 3.05) is 45.3 Å². The molecule has 0 spiro atoms. The summed E-state index contributed by atoms with van der Waals surface area (Å²) in [5.41, 5.74) is 1.76. The lowest BCUT2D eigenvalue weighted by molar-refractivity contribution is -0.117. The van der Waals surface area contributed by atoms with Gasteiger partial charge >= 0.3 is 0 Å². The number of hydrogen-bond acceptors (Lipinski definition) is 6. The number of ether oxygens (including phenoxy) is 4. The molecule has 0 saturated carbocycles. The largest absolute Gasteiger partial charge is 0.490 e. The van der Waals surface area contributed by atoms with Crippen LogP contribution in [0.4, 0.5) is 5.69 Å². The van der Waals surface area contributed by atoms with Gasteiger partial charge in [-0.1, -0.05) is 6.07 Å². The normalized spacial score (nSPS) is 15.1. The highest BCUT2D eigenvalue weighted by Crippen LogP contribution is 2.32. The molecule has 0 fully saturated rings. The molecular formula is C21H24N2O5. The van der Waals surface area contributed by atoms with Gasteiger partial charge in [0.1, 0.15) is 13.2 Å². The zero-order valence-corrected chi connectivity index (χ0v) is 15.9. The Morgan fingerprint density at radius 2 is 1.54 bits per heavy atom. The van der Waals surface area contributed by atoms with Crippen LogP contribution >= 0.6 is 0 Å². The van der Waals surface area contributed by atoms with Crippen molar-refractivity contribution in [2.45, 2.75) is 13.0 Å². The fourth-order valence-corrected chi connectivity index (χ4v) is 3.24. The first-order valence-electron chi connectivity index (χ1n) is 9.44. The number of likely N-dealkylation sites (N-methyl/N-ethyl adjacent to an activating group) is 1. The van der Waals surface area contributed by atoms with Crippen molar-refractivity contribution in [1.82, 2.24) is 4.90 Å². The van der Waals surface area contributed by atoms with Crippen LogP contribution in [0.25, 0.3) is 0 Å². The van der Waals surface area contributed by atoms with Crippen LogP contribution in [0.1, 0.15) is 12.0 Å². The lowest BCUT2D eigenvalue weighted by atomic mass is 10.2. The van der Waals surface area contributed by atoms with Crippen LogP contribution in [0.5, 0.6) is 23.0 Å². The Hall–Kier alpha value is -2.93. The van der Waals surface area contributed by atoms with E-state index in [1.54, 1.807) is 6.07 Å². The van der Waals surface area contributed by atoms with Gasteiger partial charge in [-0.05, 0) is 36.9 Å². The highest BCUT2D eigenvalue weighted by atomic mass is 16.6. The third-order valence-corrected chi connectivity index (χ3v) is 4.50. The van der Waals surface area contributed by atoms with Crippen molar-refractivity contribution in [3.05, 3.63) is 42.0 Å². The summed E-state index contributed by atoms with van der Waals surface area (Å²) in [6, 6.07) is 11.3. The van der Waals surface area contributed by atoms with Gasteiger partial charge in [0.2, 0.25) is 5.91 Å². The number of nitrogens with one attached hydrogen (secondary N) is 1. The maximum absolute atomic E-state index is 12.4. The Bertz CT molecular complexity index is 855. The summed E-state index contributed by atoms with van der Waals surface area (Å²) >= 11 is 0. The molecule has 1 N–H and O–H groups in total. The number of carbonyl (C=O) groups is 1. The average Bonchev–Trinajstić information content (AvgIpc) is 2.92. The fraction of sp³-hybridized carbons (Fsp3) is 0.381. The highest BCUT2D eigenvalue weighted by Gasteiger charge is 2.15. The van der Waals surface area contributed by atoms with Crippen LogP contribution in [-0.4, -0.2) is 50.8 Å². The van der Waals surface area contributed by atoms with Crippen LogP contribution in [0.3, 0.4) is 0 Å². The first-order valence-corrected chi connectivity index (χ1v) is 9.44. The molecule has 7 heteroatoms. The maximum atomic E-state index is 12.4. The van der Waals surface area contributed by atoms with Crippen LogP contribution in [0.15, 0.2) is 36.4 Å². The van der Waals surface area contributed by atoms with Gasteiger partial charge in [-0.3, -0.25) is 9.69 Å². The SMILES string of the molecule is CN(CC(=O)Nc1ccc2c(c1)OCCCO2)Cc1ccc2c(c1)OCCO2. The molecule has 2 aliphatic rings. The molecule has 2 aliphatic heterocycles. The number of anilines is 1. The van der Waals surface area contributed by atoms with Gasteiger partial charge in [0.05, 0.1) is 19.8 Å². The molecule has 0 radical (unpaired) electrons. The predicted octanol–water partition coefficient (Wildman–Crippen LogP) is 2.69. The average molecular weight is 384 g/mol. The van der Waals surface area contributed by atoms with Crippen LogP contribution < -0.4 is 24.3 Å². The molecule has 2 aromatic rings. The van der Waals surface area contributed by atoms with Crippen LogP contribution in [0, 0.1) is 0 Å². The van der Waals surface area contributed by atoms with E-state index in [-0.39, 0.29) is 12.5 Å². The second kappa shape index (κ2) is 8.39. The monoisotopic (exact) mass is 384 g/mol. The number of benzene rings is 2. The van der Waals surface area contributed by atoms with Gasteiger partial charge in [0.15, 0.2) is 23.0 Å². The van der Waals surface area contributed by atoms with Gasteiger partial charge < -0.3 is 24.3 Å². The zero-order chi connectivity index (χ0) is 19.3. The first-order chi connectivity index (χ1) is 13.7. The molecule has 0 aliphatic carbocycles. The number of amides is 1. The van der Waals surface area contributed by atoms with E-state index in [1.165, 1.54) is 0 Å². The first kappa shape index (κ1) is 18.4. The molecule has 7 nitrogen and oxygen atoms in total. The molecule has 28 heavy (non-hydrogen) atoms. The predicted molar refractivity (Wildman–Crippen MR) is 104 cm³/mol. The minimum atomic E-state index is -0.0884.